The molecule has 3 aromatic carbocycles. The van der Waals surface area contributed by atoms with E-state index in [0.29, 0.717) is 25.5 Å². The van der Waals surface area contributed by atoms with Crippen LogP contribution in [0.1, 0.15) is 53.6 Å². The lowest BCUT2D eigenvalue weighted by Crippen LogP contribution is -2.35. The van der Waals surface area contributed by atoms with Crippen molar-refractivity contribution in [2.45, 2.75) is 45.1 Å². The number of benzene rings is 3. The molecule has 2 heterocycles. The molecular weight excluding hydrogens is 576 g/mol. The molecule has 2 aliphatic rings. The van der Waals surface area contributed by atoms with Crippen molar-refractivity contribution in [3.8, 4) is 17.2 Å². The van der Waals surface area contributed by atoms with Crippen LogP contribution in [-0.2, 0) is 28.9 Å². The van der Waals surface area contributed by atoms with Gasteiger partial charge in [0, 0.05) is 41.9 Å². The topological polar surface area (TPSA) is 97.3 Å². The fourth-order valence-corrected chi connectivity index (χ4v) is 6.82. The summed E-state index contributed by atoms with van der Waals surface area (Å²) in [6, 6.07) is 17.1. The third-order valence-corrected chi connectivity index (χ3v) is 9.29. The normalized spacial score (nSPS) is 19.3. The Morgan fingerprint density at radius 3 is 2.43 bits per heavy atom. The van der Waals surface area contributed by atoms with Crippen molar-refractivity contribution in [2.24, 2.45) is 5.92 Å². The molecule has 44 heavy (non-hydrogen) atoms. The number of aryl methyl sites for hydroxylation is 2. The standard InChI is InChI=1S/C35H42N2O6S/c1-5-22-8-7-9-23(6-2)33(22)36-31(38)21-37-20-28(25-18-29(41-3)27-14-15-43-30(27)19-25)32(35(39)40)34(37)24-10-12-26(13-11-24)42-16-17-44-4/h7-13,18-19,28,32,34H,5-6,14-17,20-21H2,1-4H3,(H,36,38)(H,39,40)/t28-,32?,34+/m1/s1. The van der Waals surface area contributed by atoms with Crippen molar-refractivity contribution >= 4 is 29.3 Å². The molecule has 1 fully saturated rings. The number of fused-ring (bicyclic) bond motifs is 1. The number of amides is 1. The molecule has 0 spiro atoms. The van der Waals surface area contributed by atoms with Gasteiger partial charge in [-0.25, -0.2) is 0 Å². The van der Waals surface area contributed by atoms with Crippen LogP contribution in [0.2, 0.25) is 0 Å². The van der Waals surface area contributed by atoms with E-state index < -0.39 is 17.9 Å². The first-order valence-corrected chi connectivity index (χ1v) is 16.7. The van der Waals surface area contributed by atoms with Crippen LogP contribution in [0.15, 0.2) is 54.6 Å². The van der Waals surface area contributed by atoms with Gasteiger partial charge in [-0.2, -0.15) is 11.8 Å². The minimum Gasteiger partial charge on any atom is -0.496 e. The van der Waals surface area contributed by atoms with Crippen molar-refractivity contribution in [3.05, 3.63) is 82.4 Å². The van der Waals surface area contributed by atoms with E-state index in [1.807, 2.05) is 65.8 Å². The number of aliphatic carboxylic acids is 1. The van der Waals surface area contributed by atoms with Gasteiger partial charge in [0.25, 0.3) is 0 Å². The Morgan fingerprint density at radius 2 is 1.80 bits per heavy atom. The third-order valence-electron chi connectivity index (χ3n) is 8.72. The van der Waals surface area contributed by atoms with Gasteiger partial charge in [0.2, 0.25) is 5.91 Å². The minimum atomic E-state index is -0.909. The molecule has 0 saturated carbocycles. The third kappa shape index (κ3) is 6.69. The Balaban J connectivity index is 1.49. The molecule has 2 N–H and O–H groups in total. The monoisotopic (exact) mass is 618 g/mol. The van der Waals surface area contributed by atoms with Crippen molar-refractivity contribution < 1.29 is 28.9 Å². The molecular formula is C35H42N2O6S. The van der Waals surface area contributed by atoms with Crippen LogP contribution in [0.25, 0.3) is 0 Å². The van der Waals surface area contributed by atoms with Crippen molar-refractivity contribution in [1.29, 1.82) is 0 Å². The second-order valence-corrected chi connectivity index (χ2v) is 12.2. The van der Waals surface area contributed by atoms with E-state index in [2.05, 4.69) is 19.2 Å². The lowest BCUT2D eigenvalue weighted by Gasteiger charge is -2.27. The Hall–Kier alpha value is -3.69. The van der Waals surface area contributed by atoms with Crippen LogP contribution in [0.4, 0.5) is 5.69 Å². The molecule has 0 aliphatic carbocycles. The van der Waals surface area contributed by atoms with Gasteiger partial charge < -0.3 is 24.6 Å². The summed E-state index contributed by atoms with van der Waals surface area (Å²) in [6.07, 6.45) is 4.39. The molecule has 8 nitrogen and oxygen atoms in total. The van der Waals surface area contributed by atoms with Crippen LogP contribution in [0.3, 0.4) is 0 Å². The highest BCUT2D eigenvalue weighted by molar-refractivity contribution is 7.98. The van der Waals surface area contributed by atoms with Crippen LogP contribution in [0, 0.1) is 5.92 Å². The second kappa shape index (κ2) is 14.4. The lowest BCUT2D eigenvalue weighted by atomic mass is 9.82. The minimum absolute atomic E-state index is 0.0523. The summed E-state index contributed by atoms with van der Waals surface area (Å²) in [5.74, 6) is 0.802. The molecule has 234 valence electrons. The SMILES string of the molecule is CCc1cccc(CC)c1NC(=O)CN1C[C@H](c2cc(OC)c3c(c2)OCC3)C(C(=O)O)[C@@H]1c1ccc(OCCSC)cc1. The number of carboxylic acid groups (broad SMARTS) is 1. The Bertz CT molecular complexity index is 1450. The maximum absolute atomic E-state index is 13.7. The largest absolute Gasteiger partial charge is 0.496 e. The van der Waals surface area contributed by atoms with Gasteiger partial charge in [-0.3, -0.25) is 14.5 Å². The molecule has 3 atom stereocenters. The Kier molecular flexibility index (Phi) is 10.4. The predicted molar refractivity (Wildman–Crippen MR) is 175 cm³/mol. The number of nitrogens with zero attached hydrogens (tertiary/aromatic N) is 1. The number of anilines is 1. The molecule has 0 bridgehead atoms. The van der Waals surface area contributed by atoms with Gasteiger partial charge >= 0.3 is 5.97 Å². The molecule has 0 radical (unpaired) electrons. The van der Waals surface area contributed by atoms with Crippen molar-refractivity contribution in [2.75, 3.05) is 50.7 Å². The number of nitrogens with one attached hydrogen (secondary N) is 1. The number of methoxy groups -OCH3 is 1. The number of likely N-dealkylation sites (tertiary alicyclic amines) is 1. The maximum atomic E-state index is 13.7. The number of hydrogen-bond acceptors (Lipinski definition) is 7. The van der Waals surface area contributed by atoms with Crippen molar-refractivity contribution in [1.82, 2.24) is 4.90 Å². The average molecular weight is 619 g/mol. The van der Waals surface area contributed by atoms with E-state index in [-0.39, 0.29) is 18.4 Å². The Morgan fingerprint density at radius 1 is 1.07 bits per heavy atom. The van der Waals surface area contributed by atoms with Crippen LogP contribution >= 0.6 is 11.8 Å². The first kappa shape index (κ1) is 31.7. The summed E-state index contributed by atoms with van der Waals surface area (Å²) >= 11 is 1.71. The van der Waals surface area contributed by atoms with E-state index >= 15 is 0 Å². The van der Waals surface area contributed by atoms with E-state index in [4.69, 9.17) is 14.2 Å². The Labute approximate surface area is 264 Å². The highest BCUT2D eigenvalue weighted by Crippen LogP contribution is 2.48. The van der Waals surface area contributed by atoms with Gasteiger partial charge in [-0.1, -0.05) is 44.2 Å². The van der Waals surface area contributed by atoms with E-state index in [0.717, 1.165) is 70.0 Å². The van der Waals surface area contributed by atoms with E-state index in [1.54, 1.807) is 18.9 Å². The number of rotatable bonds is 13. The van der Waals surface area contributed by atoms with Gasteiger partial charge in [0.1, 0.15) is 17.2 Å². The maximum Gasteiger partial charge on any atom is 0.309 e. The van der Waals surface area contributed by atoms with Gasteiger partial charge in [-0.05, 0) is 65.6 Å². The summed E-state index contributed by atoms with van der Waals surface area (Å²) in [7, 11) is 1.63. The average Bonchev–Trinajstić information content (AvgIpc) is 3.66. The van der Waals surface area contributed by atoms with Crippen molar-refractivity contribution in [3.63, 3.8) is 0 Å². The van der Waals surface area contributed by atoms with Crippen LogP contribution < -0.4 is 19.5 Å². The molecule has 3 aromatic rings. The quantitative estimate of drug-likeness (QED) is 0.226. The fraction of sp³-hybridized carbons (Fsp3) is 0.429. The number of hydrogen-bond donors (Lipinski definition) is 2. The molecule has 2 aliphatic heterocycles. The summed E-state index contributed by atoms with van der Waals surface area (Å²) in [6.45, 7) is 5.76. The molecule has 9 heteroatoms. The zero-order valence-electron chi connectivity index (χ0n) is 25.9. The predicted octanol–water partition coefficient (Wildman–Crippen LogP) is 5.98. The molecule has 5 rings (SSSR count). The second-order valence-electron chi connectivity index (χ2n) is 11.3. The first-order valence-electron chi connectivity index (χ1n) is 15.3. The summed E-state index contributed by atoms with van der Waals surface area (Å²) in [4.78, 5) is 28.8. The number of thioether (sulfide) groups is 1. The number of para-hydroxylation sites is 1. The number of carbonyl (C=O) groups excluding carboxylic acids is 1. The molecule has 1 amide bonds. The zero-order chi connectivity index (χ0) is 31.2. The summed E-state index contributed by atoms with van der Waals surface area (Å²) < 4.78 is 17.4. The van der Waals surface area contributed by atoms with E-state index in [9.17, 15) is 14.7 Å². The fourth-order valence-electron chi connectivity index (χ4n) is 6.57. The summed E-state index contributed by atoms with van der Waals surface area (Å²) in [5, 5.41) is 13.9. The first-order chi connectivity index (χ1) is 21.4. The zero-order valence-corrected chi connectivity index (χ0v) is 26.7. The number of carboxylic acids is 1. The van der Waals surface area contributed by atoms with Crippen LogP contribution in [0.5, 0.6) is 17.2 Å². The smallest absolute Gasteiger partial charge is 0.309 e. The highest BCUT2D eigenvalue weighted by atomic mass is 32.2. The summed E-state index contributed by atoms with van der Waals surface area (Å²) in [5.41, 5.74) is 5.70. The van der Waals surface area contributed by atoms with Gasteiger partial charge in [-0.15, -0.1) is 0 Å². The van der Waals surface area contributed by atoms with Crippen LogP contribution in [-0.4, -0.2) is 67.3 Å². The molecule has 1 saturated heterocycles. The number of ether oxygens (including phenoxy) is 3. The molecule has 1 unspecified atom stereocenters. The number of carbonyl (C=O) groups is 2. The molecule has 0 aromatic heterocycles. The highest BCUT2D eigenvalue weighted by Gasteiger charge is 2.48. The van der Waals surface area contributed by atoms with Gasteiger partial charge in [0.15, 0.2) is 0 Å². The van der Waals surface area contributed by atoms with Gasteiger partial charge in [0.05, 0.1) is 32.8 Å². The lowest BCUT2D eigenvalue weighted by molar-refractivity contribution is -0.143. The van der Waals surface area contributed by atoms with E-state index in [1.165, 1.54) is 0 Å².